The number of carbonyl (C=O) groups excluding carboxylic acids is 2. The summed E-state index contributed by atoms with van der Waals surface area (Å²) in [5.74, 6) is 1.45. The number of hydrogen-bond acceptors (Lipinski definition) is 7. The van der Waals surface area contributed by atoms with E-state index in [1.807, 2.05) is 29.3 Å². The Hall–Kier alpha value is -4.40. The fourth-order valence-corrected chi connectivity index (χ4v) is 5.35. The Kier molecular flexibility index (Phi) is 8.28. The molecule has 2 N–H and O–H groups in total. The molecule has 9 heteroatoms. The second-order valence-corrected chi connectivity index (χ2v) is 10.4. The number of benzene rings is 1. The fourth-order valence-electron chi connectivity index (χ4n) is 5.35. The van der Waals surface area contributed by atoms with Crippen LogP contribution < -0.4 is 10.6 Å². The second kappa shape index (κ2) is 12.2. The zero-order valence-electron chi connectivity index (χ0n) is 23.2. The van der Waals surface area contributed by atoms with Crippen molar-refractivity contribution in [2.45, 2.75) is 39.0 Å². The maximum atomic E-state index is 12.3. The number of nitrogens with one attached hydrogen (secondary N) is 2. The SMILES string of the molecule is CNC(=O)c1ccnc2c([C@H](C)CNc3cc(-c4ccc(CC5CCN(C(C)=O)CC5)nc4)ncn3)cccc12. The number of nitrogens with zero attached hydrogens (tertiary/aromatic N) is 5. The Morgan fingerprint density at radius 2 is 1.88 bits per heavy atom. The van der Waals surface area contributed by atoms with E-state index >= 15 is 0 Å². The molecule has 0 bridgehead atoms. The van der Waals surface area contributed by atoms with Gasteiger partial charge in [-0.3, -0.25) is 19.6 Å². The first-order valence-corrected chi connectivity index (χ1v) is 13.8. The Balaban J connectivity index is 1.23. The summed E-state index contributed by atoms with van der Waals surface area (Å²) in [7, 11) is 1.63. The molecule has 3 aromatic heterocycles. The van der Waals surface area contributed by atoms with Gasteiger partial charge in [-0.05, 0) is 48.9 Å². The molecule has 0 unspecified atom stereocenters. The van der Waals surface area contributed by atoms with Crippen molar-refractivity contribution in [2.24, 2.45) is 5.92 Å². The van der Waals surface area contributed by atoms with E-state index in [1.54, 1.807) is 32.6 Å². The smallest absolute Gasteiger partial charge is 0.251 e. The molecule has 0 radical (unpaired) electrons. The predicted octanol–water partition coefficient (Wildman–Crippen LogP) is 4.46. The van der Waals surface area contributed by atoms with Gasteiger partial charge in [0.15, 0.2) is 0 Å². The highest BCUT2D eigenvalue weighted by atomic mass is 16.2. The van der Waals surface area contributed by atoms with Gasteiger partial charge in [0.05, 0.1) is 16.8 Å². The summed E-state index contributed by atoms with van der Waals surface area (Å²) < 4.78 is 0. The number of aromatic nitrogens is 4. The molecule has 1 aromatic carbocycles. The molecule has 0 saturated carbocycles. The molecule has 5 rings (SSSR count). The first-order chi connectivity index (χ1) is 19.4. The number of likely N-dealkylation sites (tertiary alicyclic amines) is 1. The van der Waals surface area contributed by atoms with Gasteiger partial charge in [-0.1, -0.05) is 25.1 Å². The highest BCUT2D eigenvalue weighted by Crippen LogP contribution is 2.27. The predicted molar refractivity (Wildman–Crippen MR) is 156 cm³/mol. The van der Waals surface area contributed by atoms with Crippen LogP contribution in [-0.2, 0) is 11.2 Å². The highest BCUT2D eigenvalue weighted by molar-refractivity contribution is 6.06. The normalized spacial score (nSPS) is 14.6. The molecule has 4 aromatic rings. The molecule has 4 heterocycles. The van der Waals surface area contributed by atoms with Crippen LogP contribution in [0.2, 0.25) is 0 Å². The van der Waals surface area contributed by atoms with Crippen LogP contribution in [0.3, 0.4) is 0 Å². The van der Waals surface area contributed by atoms with Crippen LogP contribution in [0.5, 0.6) is 0 Å². The summed E-state index contributed by atoms with van der Waals surface area (Å²) in [6, 6.07) is 13.8. The van der Waals surface area contributed by atoms with E-state index in [0.717, 1.165) is 71.6 Å². The Labute approximate surface area is 234 Å². The number of amides is 2. The zero-order valence-corrected chi connectivity index (χ0v) is 23.2. The number of anilines is 1. The number of piperidine rings is 1. The first kappa shape index (κ1) is 27.2. The van der Waals surface area contributed by atoms with Crippen molar-refractivity contribution in [3.8, 4) is 11.3 Å². The maximum Gasteiger partial charge on any atom is 0.251 e. The summed E-state index contributed by atoms with van der Waals surface area (Å²) >= 11 is 0. The molecule has 1 aliphatic rings. The summed E-state index contributed by atoms with van der Waals surface area (Å²) in [6.07, 6.45) is 8.09. The van der Waals surface area contributed by atoms with Crippen molar-refractivity contribution >= 4 is 28.5 Å². The zero-order chi connectivity index (χ0) is 28.1. The number of fused-ring (bicyclic) bond motifs is 1. The highest BCUT2D eigenvalue weighted by Gasteiger charge is 2.21. The van der Waals surface area contributed by atoms with Crippen molar-refractivity contribution in [3.63, 3.8) is 0 Å². The molecule has 1 aliphatic heterocycles. The Bertz CT molecular complexity index is 1500. The monoisotopic (exact) mass is 537 g/mol. The molecule has 0 spiro atoms. The van der Waals surface area contributed by atoms with Gasteiger partial charge in [-0.15, -0.1) is 0 Å². The molecular formula is C31H35N7O2. The van der Waals surface area contributed by atoms with Crippen molar-refractivity contribution in [3.05, 3.63) is 78.0 Å². The van der Waals surface area contributed by atoms with Crippen LogP contribution in [0.1, 0.15) is 54.2 Å². The summed E-state index contributed by atoms with van der Waals surface area (Å²) in [5, 5.41) is 6.98. The molecular weight excluding hydrogens is 502 g/mol. The number of carbonyl (C=O) groups is 2. The van der Waals surface area contributed by atoms with Crippen LogP contribution >= 0.6 is 0 Å². The number of hydrogen-bond donors (Lipinski definition) is 2. The minimum absolute atomic E-state index is 0.123. The lowest BCUT2D eigenvalue weighted by atomic mass is 9.92. The van der Waals surface area contributed by atoms with Gasteiger partial charge in [0.1, 0.15) is 12.1 Å². The lowest BCUT2D eigenvalue weighted by Gasteiger charge is -2.31. The summed E-state index contributed by atoms with van der Waals surface area (Å²) in [6.45, 7) is 6.08. The Morgan fingerprint density at radius 1 is 1.05 bits per heavy atom. The van der Waals surface area contributed by atoms with E-state index in [2.05, 4.69) is 50.7 Å². The fraction of sp³-hybridized carbons (Fsp3) is 0.355. The molecule has 0 aliphatic carbocycles. The third-order valence-corrected chi connectivity index (χ3v) is 7.74. The van der Waals surface area contributed by atoms with Gasteiger partial charge < -0.3 is 15.5 Å². The third kappa shape index (κ3) is 6.09. The van der Waals surface area contributed by atoms with Crippen LogP contribution in [0.15, 0.2) is 61.2 Å². The van der Waals surface area contributed by atoms with Gasteiger partial charge in [0, 0.05) is 74.6 Å². The molecule has 1 fully saturated rings. The minimum Gasteiger partial charge on any atom is -0.369 e. The average Bonchev–Trinajstić information content (AvgIpc) is 2.99. The van der Waals surface area contributed by atoms with Crippen molar-refractivity contribution in [1.29, 1.82) is 0 Å². The van der Waals surface area contributed by atoms with E-state index in [4.69, 9.17) is 4.98 Å². The lowest BCUT2D eigenvalue weighted by Crippen LogP contribution is -2.37. The number of rotatable bonds is 8. The first-order valence-electron chi connectivity index (χ1n) is 13.8. The maximum absolute atomic E-state index is 12.3. The van der Waals surface area contributed by atoms with Crippen LogP contribution in [0.4, 0.5) is 5.82 Å². The molecule has 40 heavy (non-hydrogen) atoms. The molecule has 2 amide bonds. The lowest BCUT2D eigenvalue weighted by molar-refractivity contribution is -0.130. The third-order valence-electron chi connectivity index (χ3n) is 7.74. The van der Waals surface area contributed by atoms with Crippen LogP contribution in [-0.4, -0.2) is 63.3 Å². The Morgan fingerprint density at radius 3 is 2.60 bits per heavy atom. The standard InChI is InChI=1S/C31H35N7O2/c1-20(25-5-4-6-26-27(31(40)32-3)9-12-33-30(25)26)17-35-29-16-28(36-19-37-29)23-7-8-24(34-18-23)15-22-10-13-38(14-11-22)21(2)39/h4-9,12,16,18-20,22H,10-11,13-15,17H2,1-3H3,(H,32,40)(H,35,36,37)/t20-/m1/s1. The van der Waals surface area contributed by atoms with E-state index in [1.165, 1.54) is 0 Å². The average molecular weight is 538 g/mol. The van der Waals surface area contributed by atoms with E-state index in [-0.39, 0.29) is 17.7 Å². The quantitative estimate of drug-likeness (QED) is 0.341. The van der Waals surface area contributed by atoms with Crippen LogP contribution in [0, 0.1) is 5.92 Å². The van der Waals surface area contributed by atoms with Gasteiger partial charge in [0.2, 0.25) is 5.91 Å². The number of pyridine rings is 2. The van der Waals surface area contributed by atoms with E-state index in [9.17, 15) is 9.59 Å². The van der Waals surface area contributed by atoms with Crippen molar-refractivity contribution in [2.75, 3.05) is 32.0 Å². The van der Waals surface area contributed by atoms with Crippen LogP contribution in [0.25, 0.3) is 22.2 Å². The molecule has 206 valence electrons. The molecule has 9 nitrogen and oxygen atoms in total. The van der Waals surface area contributed by atoms with Gasteiger partial charge in [-0.25, -0.2) is 9.97 Å². The second-order valence-electron chi connectivity index (χ2n) is 10.4. The van der Waals surface area contributed by atoms with Crippen molar-refractivity contribution < 1.29 is 9.59 Å². The summed E-state index contributed by atoms with van der Waals surface area (Å²) in [4.78, 5) is 44.0. The van der Waals surface area contributed by atoms with Crippen molar-refractivity contribution in [1.82, 2.24) is 30.2 Å². The van der Waals surface area contributed by atoms with Gasteiger partial charge >= 0.3 is 0 Å². The number of para-hydroxylation sites is 1. The molecule has 1 atom stereocenters. The van der Waals surface area contributed by atoms with Gasteiger partial charge in [0.25, 0.3) is 5.91 Å². The van der Waals surface area contributed by atoms with E-state index in [0.29, 0.717) is 18.0 Å². The summed E-state index contributed by atoms with van der Waals surface area (Å²) in [5.41, 5.74) is 5.32. The topological polar surface area (TPSA) is 113 Å². The molecule has 1 saturated heterocycles. The largest absolute Gasteiger partial charge is 0.369 e. The minimum atomic E-state index is -0.124. The van der Waals surface area contributed by atoms with Gasteiger partial charge in [-0.2, -0.15) is 0 Å². The van der Waals surface area contributed by atoms with E-state index < -0.39 is 0 Å².